The third-order valence-corrected chi connectivity index (χ3v) is 3.66. The van der Waals surface area contributed by atoms with Crippen molar-refractivity contribution in [3.05, 3.63) is 65.2 Å². The summed E-state index contributed by atoms with van der Waals surface area (Å²) in [7, 11) is 1.29. The first-order chi connectivity index (χ1) is 12.8. The zero-order valence-corrected chi connectivity index (χ0v) is 18.5. The van der Waals surface area contributed by atoms with Crippen LogP contribution in [0.2, 0.25) is 0 Å². The van der Waals surface area contributed by atoms with Gasteiger partial charge in [0.05, 0.1) is 7.11 Å². The van der Waals surface area contributed by atoms with E-state index in [2.05, 4.69) is 49.8 Å². The van der Waals surface area contributed by atoms with Crippen LogP contribution in [0.4, 0.5) is 4.79 Å². The highest BCUT2D eigenvalue weighted by molar-refractivity contribution is 6.17. The predicted octanol–water partition coefficient (Wildman–Crippen LogP) is 6.96. The van der Waals surface area contributed by atoms with Crippen molar-refractivity contribution in [3.8, 4) is 5.75 Å². The van der Waals surface area contributed by atoms with E-state index in [1.54, 1.807) is 6.07 Å². The second-order valence-corrected chi connectivity index (χ2v) is 7.18. The third-order valence-electron chi connectivity index (χ3n) is 3.66. The van der Waals surface area contributed by atoms with E-state index in [-0.39, 0.29) is 5.41 Å². The van der Waals surface area contributed by atoms with Crippen LogP contribution < -0.4 is 4.74 Å². The number of carbonyl (C=O) groups excluding carboxylic acids is 1. The summed E-state index contributed by atoms with van der Waals surface area (Å²) < 4.78 is 9.62. The van der Waals surface area contributed by atoms with Crippen LogP contribution in [0.1, 0.15) is 44.4 Å². The molecule has 0 aliphatic heterocycles. The summed E-state index contributed by atoms with van der Waals surface area (Å²) in [4.78, 5) is 11.2. The van der Waals surface area contributed by atoms with Crippen molar-refractivity contribution in [3.63, 3.8) is 0 Å². The Bertz CT molecular complexity index is 683. The SMILES string of the molecule is CCCl.CCCl.COC(=O)Oc1cccc(C(C)(C)c2cccc(C)c2)c1. The van der Waals surface area contributed by atoms with Crippen LogP contribution in [0.5, 0.6) is 5.75 Å². The van der Waals surface area contributed by atoms with E-state index in [0.29, 0.717) is 5.75 Å². The lowest BCUT2D eigenvalue weighted by molar-refractivity contribution is 0.121. The average Bonchev–Trinajstić information content (AvgIpc) is 2.63. The Morgan fingerprint density at radius 1 is 0.963 bits per heavy atom. The van der Waals surface area contributed by atoms with E-state index in [9.17, 15) is 4.79 Å². The molecule has 0 saturated carbocycles. The van der Waals surface area contributed by atoms with Gasteiger partial charge in [-0.15, -0.1) is 23.2 Å². The fourth-order valence-corrected chi connectivity index (χ4v) is 2.29. The highest BCUT2D eigenvalue weighted by Crippen LogP contribution is 2.33. The molecule has 2 aromatic rings. The van der Waals surface area contributed by atoms with Crippen molar-refractivity contribution in [2.45, 2.75) is 40.0 Å². The van der Waals surface area contributed by atoms with Crippen molar-refractivity contribution < 1.29 is 14.3 Å². The molecule has 0 radical (unpaired) electrons. The quantitative estimate of drug-likeness (QED) is 0.310. The topological polar surface area (TPSA) is 35.5 Å². The van der Waals surface area contributed by atoms with Gasteiger partial charge in [-0.05, 0) is 30.2 Å². The maximum absolute atomic E-state index is 11.2. The van der Waals surface area contributed by atoms with Gasteiger partial charge in [0.25, 0.3) is 0 Å². The lowest BCUT2D eigenvalue weighted by Crippen LogP contribution is -2.19. The number of halogens is 2. The Labute approximate surface area is 173 Å². The summed E-state index contributed by atoms with van der Waals surface area (Å²) in [6.07, 6.45) is -0.708. The molecule has 0 aliphatic rings. The second-order valence-electron chi connectivity index (χ2n) is 6.11. The molecule has 0 aromatic heterocycles. The Morgan fingerprint density at radius 2 is 1.44 bits per heavy atom. The van der Waals surface area contributed by atoms with E-state index in [1.807, 2.05) is 32.0 Å². The van der Waals surface area contributed by atoms with Crippen LogP contribution in [-0.4, -0.2) is 25.0 Å². The van der Waals surface area contributed by atoms with Gasteiger partial charge in [0.2, 0.25) is 0 Å². The Morgan fingerprint density at radius 3 is 1.93 bits per heavy atom. The molecule has 0 aliphatic carbocycles. The van der Waals surface area contributed by atoms with Crippen molar-refractivity contribution >= 4 is 29.4 Å². The highest BCUT2D eigenvalue weighted by atomic mass is 35.5. The van der Waals surface area contributed by atoms with E-state index < -0.39 is 6.16 Å². The number of alkyl halides is 2. The molecule has 5 heteroatoms. The molecule has 0 bridgehead atoms. The van der Waals surface area contributed by atoms with Gasteiger partial charge in [0.1, 0.15) is 5.75 Å². The smallest absolute Gasteiger partial charge is 0.437 e. The van der Waals surface area contributed by atoms with Gasteiger partial charge in [-0.3, -0.25) is 0 Å². The zero-order chi connectivity index (χ0) is 20.9. The van der Waals surface area contributed by atoms with E-state index in [4.69, 9.17) is 27.9 Å². The summed E-state index contributed by atoms with van der Waals surface area (Å²) >= 11 is 10.00. The number of hydrogen-bond donors (Lipinski definition) is 0. The minimum Gasteiger partial charge on any atom is -0.437 e. The fraction of sp³-hybridized carbons (Fsp3) is 0.409. The minimum atomic E-state index is -0.708. The molecule has 0 heterocycles. The lowest BCUT2D eigenvalue weighted by Gasteiger charge is -2.26. The van der Waals surface area contributed by atoms with E-state index in [1.165, 1.54) is 18.2 Å². The number of rotatable bonds is 3. The first kappa shape index (κ1) is 25.3. The van der Waals surface area contributed by atoms with Crippen LogP contribution in [-0.2, 0) is 10.2 Å². The van der Waals surface area contributed by atoms with Gasteiger partial charge in [0.15, 0.2) is 0 Å². The molecule has 0 spiro atoms. The molecule has 0 amide bonds. The summed E-state index contributed by atoms with van der Waals surface area (Å²) in [6, 6.07) is 16.0. The number of ether oxygens (including phenoxy) is 2. The second kappa shape index (κ2) is 13.5. The molecule has 0 fully saturated rings. The molecule has 0 saturated heterocycles. The molecular weight excluding hydrogens is 383 g/mol. The van der Waals surface area contributed by atoms with Crippen LogP contribution in [0.3, 0.4) is 0 Å². The molecule has 0 N–H and O–H groups in total. The van der Waals surface area contributed by atoms with Crippen LogP contribution in [0.15, 0.2) is 48.5 Å². The van der Waals surface area contributed by atoms with E-state index >= 15 is 0 Å². The van der Waals surface area contributed by atoms with Crippen LogP contribution in [0.25, 0.3) is 0 Å². The molecule has 27 heavy (non-hydrogen) atoms. The number of benzene rings is 2. The Balaban J connectivity index is 0.000000997. The summed E-state index contributed by atoms with van der Waals surface area (Å²) in [5.41, 5.74) is 3.34. The Hall–Kier alpha value is -1.71. The van der Waals surface area contributed by atoms with Crippen molar-refractivity contribution in [1.82, 2.24) is 0 Å². The minimum absolute atomic E-state index is 0.179. The number of aryl methyl sites for hydroxylation is 1. The van der Waals surface area contributed by atoms with Gasteiger partial charge < -0.3 is 9.47 Å². The monoisotopic (exact) mass is 412 g/mol. The van der Waals surface area contributed by atoms with Crippen molar-refractivity contribution in [1.29, 1.82) is 0 Å². The molecule has 2 rings (SSSR count). The summed E-state index contributed by atoms with van der Waals surface area (Å²) in [5, 5.41) is 0. The van der Waals surface area contributed by atoms with Crippen molar-refractivity contribution in [2.24, 2.45) is 0 Å². The normalized spacial score (nSPS) is 9.93. The maximum Gasteiger partial charge on any atom is 0.513 e. The average molecular weight is 413 g/mol. The van der Waals surface area contributed by atoms with E-state index in [0.717, 1.165) is 17.3 Å². The standard InChI is InChI=1S/C18H20O3.2C2H5Cl/c1-13-7-5-8-14(11-13)18(2,3)15-9-6-10-16(12-15)21-17(19)20-4;2*1-2-3/h5-12H,1-4H3;2*2H2,1H3. The predicted molar refractivity (Wildman–Crippen MR) is 116 cm³/mol. The van der Waals surface area contributed by atoms with Crippen molar-refractivity contribution in [2.75, 3.05) is 18.9 Å². The van der Waals surface area contributed by atoms with Gasteiger partial charge in [-0.1, -0.05) is 69.7 Å². The molecule has 0 atom stereocenters. The Kier molecular flexibility index (Phi) is 12.6. The number of methoxy groups -OCH3 is 1. The first-order valence-electron chi connectivity index (χ1n) is 8.82. The first-order valence-corrected chi connectivity index (χ1v) is 9.89. The number of carbonyl (C=O) groups is 1. The van der Waals surface area contributed by atoms with Crippen LogP contribution in [0, 0.1) is 6.92 Å². The van der Waals surface area contributed by atoms with Gasteiger partial charge in [0, 0.05) is 17.2 Å². The third kappa shape index (κ3) is 9.16. The maximum atomic E-state index is 11.2. The molecule has 3 nitrogen and oxygen atoms in total. The largest absolute Gasteiger partial charge is 0.513 e. The zero-order valence-electron chi connectivity index (χ0n) is 17.0. The highest BCUT2D eigenvalue weighted by Gasteiger charge is 2.23. The molecular formula is C22H30Cl2O3. The van der Waals surface area contributed by atoms with Gasteiger partial charge >= 0.3 is 6.16 Å². The van der Waals surface area contributed by atoms with Gasteiger partial charge in [-0.2, -0.15) is 0 Å². The lowest BCUT2D eigenvalue weighted by atomic mass is 9.78. The van der Waals surface area contributed by atoms with Gasteiger partial charge in [-0.25, -0.2) is 4.79 Å². The summed E-state index contributed by atoms with van der Waals surface area (Å²) in [6.45, 7) is 10.2. The number of hydrogen-bond acceptors (Lipinski definition) is 3. The molecule has 150 valence electrons. The fourth-order valence-electron chi connectivity index (χ4n) is 2.29. The van der Waals surface area contributed by atoms with Crippen LogP contribution >= 0.6 is 23.2 Å². The molecule has 2 aromatic carbocycles. The summed E-state index contributed by atoms with van der Waals surface area (Å²) in [5.74, 6) is 1.93. The molecule has 0 unspecified atom stereocenters.